The monoisotopic (exact) mass is 320 g/mol. The normalized spacial score (nSPS) is 19.0. The molecule has 0 radical (unpaired) electrons. The van der Waals surface area contributed by atoms with Crippen LogP contribution in [0.2, 0.25) is 0 Å². The topological polar surface area (TPSA) is 36.1 Å². The maximum Gasteiger partial charge on any atom is 0.251 e. The Bertz CT molecular complexity index is 722. The molecule has 5 heteroatoms. The van der Waals surface area contributed by atoms with Crippen molar-refractivity contribution in [2.75, 3.05) is 13.1 Å². The lowest BCUT2D eigenvalue weighted by Crippen LogP contribution is -2.19. The molecule has 3 nitrogen and oxygen atoms in total. The number of nitrogens with zero attached hydrogens (tertiary/aromatic N) is 1. The van der Waals surface area contributed by atoms with Crippen molar-refractivity contribution in [3.05, 3.63) is 44.7 Å². The fourth-order valence-corrected chi connectivity index (χ4v) is 4.07. The Morgan fingerprint density at radius 2 is 2.27 bits per heavy atom. The Hall–Kier alpha value is -1.46. The van der Waals surface area contributed by atoms with Crippen LogP contribution in [0, 0.1) is 6.92 Å². The van der Waals surface area contributed by atoms with Crippen LogP contribution >= 0.6 is 11.3 Å². The number of likely N-dealkylation sites (tertiary alicyclic amines) is 1. The number of nitrogens with one attached hydrogen (secondary N) is 1. The average Bonchev–Trinajstić information content (AvgIpc) is 3.09. The fourth-order valence-electron chi connectivity index (χ4n) is 2.94. The van der Waals surface area contributed by atoms with Crippen molar-refractivity contribution >= 4 is 11.3 Å². The van der Waals surface area contributed by atoms with Gasteiger partial charge in [-0.15, -0.1) is 11.3 Å². The van der Waals surface area contributed by atoms with Crippen LogP contribution in [0.3, 0.4) is 0 Å². The van der Waals surface area contributed by atoms with Gasteiger partial charge in [-0.05, 0) is 38.0 Å². The van der Waals surface area contributed by atoms with Gasteiger partial charge in [0.1, 0.15) is 6.17 Å². The summed E-state index contributed by atoms with van der Waals surface area (Å²) in [5.41, 5.74) is 2.82. The molecule has 2 aromatic heterocycles. The first-order valence-corrected chi connectivity index (χ1v) is 8.56. The molecule has 0 amide bonds. The highest BCUT2D eigenvalue weighted by molar-refractivity contribution is 7.15. The van der Waals surface area contributed by atoms with Crippen LogP contribution in [-0.2, 0) is 13.0 Å². The molecule has 0 aromatic carbocycles. The molecule has 118 valence electrons. The van der Waals surface area contributed by atoms with Gasteiger partial charge in [0.05, 0.1) is 0 Å². The highest BCUT2D eigenvalue weighted by atomic mass is 32.1. The summed E-state index contributed by atoms with van der Waals surface area (Å²) < 4.78 is 13.2. The minimum absolute atomic E-state index is 0.00610. The predicted molar refractivity (Wildman–Crippen MR) is 89.3 cm³/mol. The third kappa shape index (κ3) is 3.15. The smallest absolute Gasteiger partial charge is 0.251 e. The number of aryl methyl sites for hydroxylation is 2. The second-order valence-corrected chi connectivity index (χ2v) is 7.07. The number of thiophene rings is 1. The first-order valence-electron chi connectivity index (χ1n) is 7.75. The first kappa shape index (κ1) is 15.4. The van der Waals surface area contributed by atoms with Crippen LogP contribution in [0.25, 0.3) is 10.4 Å². The summed E-state index contributed by atoms with van der Waals surface area (Å²) in [7, 11) is 0. The zero-order valence-electron chi connectivity index (χ0n) is 13.0. The molecule has 2 aromatic rings. The lowest BCUT2D eigenvalue weighted by molar-refractivity contribution is 0.284. The van der Waals surface area contributed by atoms with Crippen LogP contribution < -0.4 is 5.56 Å². The van der Waals surface area contributed by atoms with Gasteiger partial charge >= 0.3 is 0 Å². The molecule has 1 aliphatic heterocycles. The molecule has 1 saturated heterocycles. The molecule has 1 aliphatic rings. The van der Waals surface area contributed by atoms with E-state index in [0.29, 0.717) is 13.0 Å². The number of pyridine rings is 1. The number of H-pyrrole nitrogens is 1. The number of rotatable bonds is 4. The van der Waals surface area contributed by atoms with Crippen LogP contribution in [0.4, 0.5) is 4.39 Å². The van der Waals surface area contributed by atoms with Crippen LogP contribution in [0.1, 0.15) is 29.5 Å². The maximum absolute atomic E-state index is 13.2. The van der Waals surface area contributed by atoms with Crippen molar-refractivity contribution in [1.82, 2.24) is 9.88 Å². The molecular weight excluding hydrogens is 299 g/mol. The summed E-state index contributed by atoms with van der Waals surface area (Å²) in [4.78, 5) is 19.3. The predicted octanol–water partition coefficient (Wildman–Crippen LogP) is 3.52. The average molecular weight is 320 g/mol. The van der Waals surface area contributed by atoms with E-state index >= 15 is 0 Å². The number of hydrogen-bond acceptors (Lipinski definition) is 3. The molecule has 22 heavy (non-hydrogen) atoms. The van der Waals surface area contributed by atoms with E-state index < -0.39 is 6.17 Å². The number of aromatic amines is 1. The Balaban J connectivity index is 1.83. The van der Waals surface area contributed by atoms with Crippen molar-refractivity contribution in [2.24, 2.45) is 0 Å². The van der Waals surface area contributed by atoms with Crippen LogP contribution in [0.5, 0.6) is 0 Å². The Kier molecular flexibility index (Phi) is 4.45. The minimum atomic E-state index is -0.673. The summed E-state index contributed by atoms with van der Waals surface area (Å²) in [5.74, 6) is 0. The largest absolute Gasteiger partial charge is 0.326 e. The second kappa shape index (κ2) is 6.34. The van der Waals surface area contributed by atoms with E-state index in [1.807, 2.05) is 19.9 Å². The van der Waals surface area contributed by atoms with E-state index in [1.54, 1.807) is 11.3 Å². The Morgan fingerprint density at radius 1 is 1.45 bits per heavy atom. The lowest BCUT2D eigenvalue weighted by atomic mass is 10.1. The van der Waals surface area contributed by atoms with E-state index in [0.717, 1.165) is 41.2 Å². The molecule has 0 saturated carbocycles. The highest BCUT2D eigenvalue weighted by Crippen LogP contribution is 2.31. The van der Waals surface area contributed by atoms with Crippen molar-refractivity contribution in [2.45, 2.75) is 39.4 Å². The number of alkyl halides is 1. The minimum Gasteiger partial charge on any atom is -0.326 e. The molecular formula is C17H21FN2OS. The van der Waals surface area contributed by atoms with Crippen LogP contribution in [-0.4, -0.2) is 29.1 Å². The van der Waals surface area contributed by atoms with Gasteiger partial charge in [-0.2, -0.15) is 0 Å². The number of halogens is 1. The second-order valence-electron chi connectivity index (χ2n) is 5.90. The molecule has 3 rings (SSSR count). The van der Waals surface area contributed by atoms with E-state index in [-0.39, 0.29) is 5.56 Å². The molecule has 1 N–H and O–H groups in total. The fraction of sp³-hybridized carbons (Fsp3) is 0.471. The zero-order chi connectivity index (χ0) is 15.7. The molecule has 1 fully saturated rings. The quantitative estimate of drug-likeness (QED) is 0.936. The van der Waals surface area contributed by atoms with E-state index in [1.165, 1.54) is 4.88 Å². The Morgan fingerprint density at radius 3 is 2.95 bits per heavy atom. The molecule has 0 spiro atoms. The lowest BCUT2D eigenvalue weighted by Gasteiger charge is -2.12. The Labute approximate surface area is 133 Å². The summed E-state index contributed by atoms with van der Waals surface area (Å²) in [6.45, 7) is 6.12. The zero-order valence-corrected chi connectivity index (χ0v) is 13.8. The third-order valence-corrected chi connectivity index (χ3v) is 5.32. The highest BCUT2D eigenvalue weighted by Gasteiger charge is 2.22. The molecule has 0 bridgehead atoms. The van der Waals surface area contributed by atoms with Gasteiger partial charge in [-0.3, -0.25) is 9.69 Å². The standard InChI is InChI=1S/C17H21FN2OS/c1-3-12-8-15(11(2)19-17(12)21)16-5-4-14(22-16)10-20-7-6-13(18)9-20/h4-5,8,13H,3,6-7,9-10H2,1-2H3,(H,19,21). The van der Waals surface area contributed by atoms with Gasteiger partial charge in [0.25, 0.3) is 5.56 Å². The molecule has 0 aliphatic carbocycles. The number of aromatic nitrogens is 1. The van der Waals surface area contributed by atoms with Gasteiger partial charge < -0.3 is 4.98 Å². The van der Waals surface area contributed by atoms with E-state index in [2.05, 4.69) is 22.0 Å². The van der Waals surface area contributed by atoms with Crippen molar-refractivity contribution in [3.8, 4) is 10.4 Å². The van der Waals surface area contributed by atoms with E-state index in [4.69, 9.17) is 0 Å². The van der Waals surface area contributed by atoms with Crippen molar-refractivity contribution < 1.29 is 4.39 Å². The molecule has 3 heterocycles. The van der Waals surface area contributed by atoms with Crippen molar-refractivity contribution in [3.63, 3.8) is 0 Å². The van der Waals surface area contributed by atoms with Gasteiger partial charge in [-0.1, -0.05) is 6.92 Å². The van der Waals surface area contributed by atoms with Gasteiger partial charge in [0.15, 0.2) is 0 Å². The maximum atomic E-state index is 13.2. The van der Waals surface area contributed by atoms with E-state index in [9.17, 15) is 9.18 Å². The summed E-state index contributed by atoms with van der Waals surface area (Å²) >= 11 is 1.73. The molecule has 1 atom stereocenters. The number of hydrogen-bond donors (Lipinski definition) is 1. The summed E-state index contributed by atoms with van der Waals surface area (Å²) in [6, 6.07) is 6.21. The van der Waals surface area contributed by atoms with Crippen molar-refractivity contribution in [1.29, 1.82) is 0 Å². The third-order valence-electron chi connectivity index (χ3n) is 4.22. The van der Waals surface area contributed by atoms with Crippen LogP contribution in [0.15, 0.2) is 23.0 Å². The van der Waals surface area contributed by atoms with Gasteiger partial charge in [0, 0.05) is 46.2 Å². The van der Waals surface area contributed by atoms with Gasteiger partial charge in [-0.25, -0.2) is 4.39 Å². The SMILES string of the molecule is CCc1cc(-c2ccc(CN3CCC(F)C3)s2)c(C)[nH]c1=O. The summed E-state index contributed by atoms with van der Waals surface area (Å²) in [6.07, 6.45) is 0.705. The first-order chi connectivity index (χ1) is 10.6. The molecule has 1 unspecified atom stereocenters. The summed E-state index contributed by atoms with van der Waals surface area (Å²) in [5, 5.41) is 0. The van der Waals surface area contributed by atoms with Gasteiger partial charge in [0.2, 0.25) is 0 Å².